The highest BCUT2D eigenvalue weighted by molar-refractivity contribution is 7.09. The Labute approximate surface area is 198 Å². The number of amides is 4. The minimum absolute atomic E-state index is 0.0269. The van der Waals surface area contributed by atoms with Gasteiger partial charge in [0.2, 0.25) is 0 Å². The second-order valence-corrected chi connectivity index (χ2v) is 8.70. The molecular formula is C22H15F5N4O3S. The Morgan fingerprint density at radius 3 is 2.31 bits per heavy atom. The van der Waals surface area contributed by atoms with Crippen LogP contribution in [0.5, 0.6) is 0 Å². The molecule has 0 spiro atoms. The quantitative estimate of drug-likeness (QED) is 0.358. The first kappa shape index (κ1) is 24.3. The van der Waals surface area contributed by atoms with E-state index >= 15 is 0 Å². The number of rotatable bonds is 5. The average molecular weight is 510 g/mol. The number of imide groups is 1. The van der Waals surface area contributed by atoms with Crippen LogP contribution in [0.2, 0.25) is 0 Å². The molecule has 1 aliphatic rings. The molecule has 0 aliphatic carbocycles. The maximum absolute atomic E-state index is 14.0. The van der Waals surface area contributed by atoms with Crippen LogP contribution in [0.3, 0.4) is 0 Å². The number of thiazole rings is 1. The normalized spacial score (nSPS) is 17.8. The summed E-state index contributed by atoms with van der Waals surface area (Å²) in [6, 6.07) is 4.03. The highest BCUT2D eigenvalue weighted by Gasteiger charge is 2.50. The van der Waals surface area contributed by atoms with E-state index in [0.717, 1.165) is 24.3 Å². The Balaban J connectivity index is 1.68. The van der Waals surface area contributed by atoms with E-state index in [9.17, 15) is 36.3 Å². The van der Waals surface area contributed by atoms with Gasteiger partial charge in [-0.15, -0.1) is 11.3 Å². The summed E-state index contributed by atoms with van der Waals surface area (Å²) in [5.74, 6) is -4.40. The lowest BCUT2D eigenvalue weighted by Crippen LogP contribution is -2.53. The van der Waals surface area contributed by atoms with E-state index in [0.29, 0.717) is 17.0 Å². The molecule has 4 amide bonds. The zero-order valence-corrected chi connectivity index (χ0v) is 18.5. The lowest BCUT2D eigenvalue weighted by Gasteiger charge is -2.25. The van der Waals surface area contributed by atoms with Crippen LogP contribution in [0.1, 0.15) is 26.5 Å². The predicted molar refractivity (Wildman–Crippen MR) is 114 cm³/mol. The molecule has 182 valence electrons. The number of aromatic nitrogens is 1. The van der Waals surface area contributed by atoms with E-state index in [1.165, 1.54) is 16.8 Å². The molecule has 7 nitrogen and oxygen atoms in total. The summed E-state index contributed by atoms with van der Waals surface area (Å²) in [5, 5.41) is 6.95. The molecule has 4 rings (SSSR count). The van der Waals surface area contributed by atoms with Gasteiger partial charge in [-0.1, -0.05) is 12.1 Å². The molecule has 0 saturated carbocycles. The monoisotopic (exact) mass is 510 g/mol. The largest absolute Gasteiger partial charge is 0.416 e. The van der Waals surface area contributed by atoms with Gasteiger partial charge in [0.1, 0.15) is 0 Å². The third-order valence-electron chi connectivity index (χ3n) is 5.43. The van der Waals surface area contributed by atoms with E-state index in [1.807, 2.05) is 0 Å². The van der Waals surface area contributed by atoms with Crippen molar-refractivity contribution in [3.8, 4) is 11.1 Å². The molecule has 0 radical (unpaired) electrons. The number of alkyl halides is 3. The van der Waals surface area contributed by atoms with Gasteiger partial charge in [-0.3, -0.25) is 14.9 Å². The van der Waals surface area contributed by atoms with Gasteiger partial charge in [0.25, 0.3) is 11.8 Å². The Morgan fingerprint density at radius 2 is 1.77 bits per heavy atom. The molecule has 1 fully saturated rings. The van der Waals surface area contributed by atoms with Crippen molar-refractivity contribution in [2.75, 3.05) is 6.54 Å². The van der Waals surface area contributed by atoms with E-state index in [1.54, 1.807) is 6.92 Å². The molecule has 0 bridgehead atoms. The predicted octanol–water partition coefficient (Wildman–Crippen LogP) is 3.88. The molecule has 3 aromatic rings. The Kier molecular flexibility index (Phi) is 6.05. The van der Waals surface area contributed by atoms with Crippen molar-refractivity contribution in [3.63, 3.8) is 0 Å². The topological polar surface area (TPSA) is 100 Å². The molecule has 2 aromatic carbocycles. The van der Waals surface area contributed by atoms with Crippen LogP contribution in [-0.4, -0.2) is 29.4 Å². The number of aryl methyl sites for hydroxylation is 1. The van der Waals surface area contributed by atoms with Crippen LogP contribution >= 0.6 is 11.3 Å². The van der Waals surface area contributed by atoms with Gasteiger partial charge in [0.15, 0.2) is 17.2 Å². The van der Waals surface area contributed by atoms with Crippen LogP contribution in [0.25, 0.3) is 11.1 Å². The fourth-order valence-electron chi connectivity index (χ4n) is 3.70. The van der Waals surface area contributed by atoms with E-state index < -0.39 is 58.9 Å². The highest BCUT2D eigenvalue weighted by Crippen LogP contribution is 2.33. The molecule has 1 aliphatic heterocycles. The van der Waals surface area contributed by atoms with E-state index in [4.69, 9.17) is 0 Å². The maximum Gasteiger partial charge on any atom is 0.416 e. The van der Waals surface area contributed by atoms with Crippen molar-refractivity contribution in [2.45, 2.75) is 18.6 Å². The standard InChI is InChI=1S/C22H15F5N4O3S/c1-10-17(29-9-35-10)21(19(33)30-20(34)31-21)8-28-18(32)14-7-16(24)15(23)6-13(14)11-2-4-12(5-3-11)22(25,26)27/h2-7,9H,8H2,1H3,(H,28,32)(H2,30,31,33,34). The minimum atomic E-state index is -4.61. The summed E-state index contributed by atoms with van der Waals surface area (Å²) >= 11 is 1.20. The molecule has 35 heavy (non-hydrogen) atoms. The molecule has 1 saturated heterocycles. The van der Waals surface area contributed by atoms with Gasteiger partial charge >= 0.3 is 12.2 Å². The number of hydrogen-bond donors (Lipinski definition) is 3. The van der Waals surface area contributed by atoms with Gasteiger partial charge in [-0.25, -0.2) is 18.6 Å². The van der Waals surface area contributed by atoms with E-state index in [2.05, 4.69) is 20.9 Å². The van der Waals surface area contributed by atoms with Crippen molar-refractivity contribution >= 4 is 29.2 Å². The first-order valence-electron chi connectivity index (χ1n) is 9.91. The second-order valence-electron chi connectivity index (χ2n) is 7.64. The van der Waals surface area contributed by atoms with Gasteiger partial charge in [0, 0.05) is 4.88 Å². The third-order valence-corrected chi connectivity index (χ3v) is 6.19. The molecule has 1 atom stereocenters. The lowest BCUT2D eigenvalue weighted by molar-refractivity contribution is -0.137. The molecule has 1 unspecified atom stereocenters. The molecule has 1 aromatic heterocycles. The molecule has 3 N–H and O–H groups in total. The average Bonchev–Trinajstić information content (AvgIpc) is 3.35. The number of halogens is 5. The first-order valence-corrected chi connectivity index (χ1v) is 10.8. The van der Waals surface area contributed by atoms with Crippen LogP contribution in [-0.2, 0) is 16.5 Å². The summed E-state index contributed by atoms with van der Waals surface area (Å²) in [4.78, 5) is 42.2. The SMILES string of the molecule is Cc1scnc1C1(CNC(=O)c2cc(F)c(F)cc2-c2ccc(C(F)(F)F)cc2)NC(=O)NC1=O. The van der Waals surface area contributed by atoms with E-state index in [-0.39, 0.29) is 16.8 Å². The smallest absolute Gasteiger partial charge is 0.349 e. The Bertz CT molecular complexity index is 1340. The summed E-state index contributed by atoms with van der Waals surface area (Å²) in [7, 11) is 0. The van der Waals surface area contributed by atoms with Crippen LogP contribution in [0.15, 0.2) is 41.9 Å². The fourth-order valence-corrected chi connectivity index (χ4v) is 4.36. The second kappa shape index (κ2) is 8.73. The van der Waals surface area contributed by atoms with Crippen molar-refractivity contribution < 1.29 is 36.3 Å². The maximum atomic E-state index is 14.0. The number of hydrogen-bond acceptors (Lipinski definition) is 5. The van der Waals surface area contributed by atoms with Crippen molar-refractivity contribution in [1.29, 1.82) is 0 Å². The van der Waals surface area contributed by atoms with Crippen LogP contribution in [0, 0.1) is 18.6 Å². The van der Waals surface area contributed by atoms with Gasteiger partial charge < -0.3 is 10.6 Å². The van der Waals surface area contributed by atoms with Crippen LogP contribution in [0.4, 0.5) is 26.7 Å². The van der Waals surface area contributed by atoms with Gasteiger partial charge in [-0.05, 0) is 42.3 Å². The number of carbonyl (C=O) groups is 3. The zero-order chi connectivity index (χ0) is 25.5. The number of nitrogens with zero attached hydrogens (tertiary/aromatic N) is 1. The number of benzene rings is 2. The number of urea groups is 1. The highest BCUT2D eigenvalue weighted by atomic mass is 32.1. The number of nitrogens with one attached hydrogen (secondary N) is 3. The van der Waals surface area contributed by atoms with Gasteiger partial charge in [-0.2, -0.15) is 13.2 Å². The molecule has 2 heterocycles. The van der Waals surface area contributed by atoms with Crippen molar-refractivity contribution in [3.05, 3.63) is 75.2 Å². The van der Waals surface area contributed by atoms with Crippen molar-refractivity contribution in [1.82, 2.24) is 20.9 Å². The Morgan fingerprint density at radius 1 is 1.11 bits per heavy atom. The minimum Gasteiger partial charge on any atom is -0.349 e. The zero-order valence-electron chi connectivity index (χ0n) is 17.7. The molecular weight excluding hydrogens is 495 g/mol. The Hall–Kier alpha value is -3.87. The number of carbonyl (C=O) groups excluding carboxylic acids is 3. The fraction of sp³-hybridized carbons (Fsp3) is 0.182. The summed E-state index contributed by atoms with van der Waals surface area (Å²) in [6.45, 7) is 1.17. The lowest BCUT2D eigenvalue weighted by atomic mass is 9.93. The van der Waals surface area contributed by atoms with Gasteiger partial charge in [0.05, 0.1) is 28.9 Å². The summed E-state index contributed by atoms with van der Waals surface area (Å²) < 4.78 is 66.7. The summed E-state index contributed by atoms with van der Waals surface area (Å²) in [5.41, 5.74) is -1.60. The first-order chi connectivity index (χ1) is 16.4. The summed E-state index contributed by atoms with van der Waals surface area (Å²) in [6.07, 6.45) is -4.61. The van der Waals surface area contributed by atoms with Crippen molar-refractivity contribution in [2.24, 2.45) is 0 Å². The molecule has 13 heteroatoms. The van der Waals surface area contributed by atoms with Crippen LogP contribution < -0.4 is 16.0 Å². The third kappa shape index (κ3) is 4.46.